The van der Waals surface area contributed by atoms with Crippen molar-refractivity contribution in [3.8, 4) is 11.5 Å². The second kappa shape index (κ2) is 4.02. The highest BCUT2D eigenvalue weighted by atomic mass is 16.3. The van der Waals surface area contributed by atoms with E-state index in [4.69, 9.17) is 5.73 Å². The molecular formula is C11H14N2O3. The van der Waals surface area contributed by atoms with Gasteiger partial charge in [-0.2, -0.15) is 0 Å². The van der Waals surface area contributed by atoms with Gasteiger partial charge in [0.1, 0.15) is 11.5 Å². The van der Waals surface area contributed by atoms with Crippen molar-refractivity contribution in [3.05, 3.63) is 23.8 Å². The van der Waals surface area contributed by atoms with Crippen LogP contribution in [0.1, 0.15) is 16.8 Å². The summed E-state index contributed by atoms with van der Waals surface area (Å²) in [5.74, 6) is -0.450. The van der Waals surface area contributed by atoms with Gasteiger partial charge in [0.25, 0.3) is 5.91 Å². The number of hydrogen-bond acceptors (Lipinski definition) is 4. The molecule has 1 saturated heterocycles. The SMILES string of the molecule is N[C@H]1CCN(C(=O)c2cc(O)ccc2O)C1. The van der Waals surface area contributed by atoms with Crippen LogP contribution in [0.4, 0.5) is 0 Å². The zero-order valence-corrected chi connectivity index (χ0v) is 8.76. The Morgan fingerprint density at radius 1 is 1.44 bits per heavy atom. The van der Waals surface area contributed by atoms with Gasteiger partial charge in [0.2, 0.25) is 0 Å². The first-order chi connectivity index (χ1) is 7.58. The molecule has 0 bridgehead atoms. The Hall–Kier alpha value is -1.75. The van der Waals surface area contributed by atoms with Crippen LogP contribution < -0.4 is 5.73 Å². The number of nitrogens with two attached hydrogens (primary N) is 1. The van der Waals surface area contributed by atoms with E-state index in [2.05, 4.69) is 0 Å². The Balaban J connectivity index is 2.23. The van der Waals surface area contributed by atoms with Gasteiger partial charge >= 0.3 is 0 Å². The van der Waals surface area contributed by atoms with Crippen LogP contribution >= 0.6 is 0 Å². The third kappa shape index (κ3) is 1.94. The molecule has 1 heterocycles. The van der Waals surface area contributed by atoms with E-state index in [1.54, 1.807) is 4.90 Å². The van der Waals surface area contributed by atoms with Gasteiger partial charge in [-0.3, -0.25) is 4.79 Å². The normalized spacial score (nSPS) is 20.1. The van der Waals surface area contributed by atoms with E-state index in [9.17, 15) is 15.0 Å². The van der Waals surface area contributed by atoms with E-state index >= 15 is 0 Å². The van der Waals surface area contributed by atoms with Crippen LogP contribution in [0.5, 0.6) is 11.5 Å². The first-order valence-corrected chi connectivity index (χ1v) is 5.15. The molecule has 0 saturated carbocycles. The second-order valence-corrected chi connectivity index (χ2v) is 4.00. The summed E-state index contributed by atoms with van der Waals surface area (Å²) in [5.41, 5.74) is 5.82. The number of phenols is 2. The first kappa shape index (κ1) is 10.8. The molecule has 0 unspecified atom stereocenters. The van der Waals surface area contributed by atoms with Gasteiger partial charge in [0.05, 0.1) is 5.56 Å². The van der Waals surface area contributed by atoms with Crippen LogP contribution in [0.25, 0.3) is 0 Å². The molecule has 1 aromatic rings. The molecule has 1 aliphatic heterocycles. The van der Waals surface area contributed by atoms with Crippen LogP contribution in [0.3, 0.4) is 0 Å². The lowest BCUT2D eigenvalue weighted by atomic mass is 10.1. The summed E-state index contributed by atoms with van der Waals surface area (Å²) in [7, 11) is 0. The minimum absolute atomic E-state index is 0.00315. The van der Waals surface area contributed by atoms with Gasteiger partial charge in [0, 0.05) is 19.1 Å². The molecule has 4 N–H and O–H groups in total. The molecule has 5 nitrogen and oxygen atoms in total. The third-order valence-corrected chi connectivity index (χ3v) is 2.72. The summed E-state index contributed by atoms with van der Waals surface area (Å²) < 4.78 is 0. The fraction of sp³-hybridized carbons (Fsp3) is 0.364. The van der Waals surface area contributed by atoms with Crippen LogP contribution in [0.2, 0.25) is 0 Å². The minimum Gasteiger partial charge on any atom is -0.508 e. The van der Waals surface area contributed by atoms with E-state index < -0.39 is 0 Å². The van der Waals surface area contributed by atoms with E-state index in [1.165, 1.54) is 18.2 Å². The van der Waals surface area contributed by atoms with Gasteiger partial charge in [0.15, 0.2) is 0 Å². The molecule has 2 rings (SSSR count). The lowest BCUT2D eigenvalue weighted by Gasteiger charge is -2.16. The van der Waals surface area contributed by atoms with Gasteiger partial charge in [-0.05, 0) is 24.6 Å². The molecule has 1 amide bonds. The Kier molecular flexibility index (Phi) is 2.70. The van der Waals surface area contributed by atoms with Crippen molar-refractivity contribution >= 4 is 5.91 Å². The summed E-state index contributed by atoms with van der Waals surface area (Å²) in [6, 6.07) is 3.91. The molecule has 0 radical (unpaired) electrons. The molecule has 0 aromatic heterocycles. The highest BCUT2D eigenvalue weighted by Crippen LogP contribution is 2.24. The fourth-order valence-electron chi connectivity index (χ4n) is 1.84. The van der Waals surface area contributed by atoms with E-state index in [1.807, 2.05) is 0 Å². The van der Waals surface area contributed by atoms with Crippen LogP contribution in [-0.2, 0) is 0 Å². The Morgan fingerprint density at radius 2 is 2.19 bits per heavy atom. The number of phenolic OH excluding ortho intramolecular Hbond substituents is 2. The second-order valence-electron chi connectivity index (χ2n) is 4.00. The summed E-state index contributed by atoms with van der Waals surface area (Å²) in [4.78, 5) is 13.5. The summed E-state index contributed by atoms with van der Waals surface area (Å²) >= 11 is 0. The highest BCUT2D eigenvalue weighted by molar-refractivity contribution is 5.97. The molecular weight excluding hydrogens is 208 g/mol. The lowest BCUT2D eigenvalue weighted by Crippen LogP contribution is -2.31. The number of likely N-dealkylation sites (tertiary alicyclic amines) is 1. The van der Waals surface area contributed by atoms with Crippen LogP contribution in [0.15, 0.2) is 18.2 Å². The topological polar surface area (TPSA) is 86.8 Å². The predicted octanol–water partition coefficient (Wildman–Crippen LogP) is 0.271. The number of rotatable bonds is 1. The number of nitrogens with zero attached hydrogens (tertiary/aromatic N) is 1. The maximum atomic E-state index is 12.0. The molecule has 1 aromatic carbocycles. The number of benzene rings is 1. The van der Waals surface area contributed by atoms with Crippen molar-refractivity contribution in [3.63, 3.8) is 0 Å². The standard InChI is InChI=1S/C11H14N2O3/c12-7-3-4-13(6-7)11(16)9-5-8(14)1-2-10(9)15/h1-2,5,7,14-15H,3-4,6,12H2/t7-/m0/s1. The molecule has 1 fully saturated rings. The average Bonchev–Trinajstić information content (AvgIpc) is 2.67. The quantitative estimate of drug-likeness (QED) is 0.595. The molecule has 0 aliphatic carbocycles. The number of hydrogen-bond donors (Lipinski definition) is 3. The van der Waals surface area contributed by atoms with Gasteiger partial charge in [-0.15, -0.1) is 0 Å². The molecule has 1 aliphatic rings. The zero-order chi connectivity index (χ0) is 11.7. The van der Waals surface area contributed by atoms with Crippen LogP contribution in [-0.4, -0.2) is 40.2 Å². The van der Waals surface area contributed by atoms with Crippen molar-refractivity contribution in [2.24, 2.45) is 5.73 Å². The maximum Gasteiger partial charge on any atom is 0.257 e. The fourth-order valence-corrected chi connectivity index (χ4v) is 1.84. The minimum atomic E-state index is -0.290. The van der Waals surface area contributed by atoms with Crippen molar-refractivity contribution in [2.75, 3.05) is 13.1 Å². The highest BCUT2D eigenvalue weighted by Gasteiger charge is 2.26. The Morgan fingerprint density at radius 3 is 2.81 bits per heavy atom. The zero-order valence-electron chi connectivity index (χ0n) is 8.76. The monoisotopic (exact) mass is 222 g/mol. The first-order valence-electron chi connectivity index (χ1n) is 5.15. The Bertz CT molecular complexity index is 420. The summed E-state index contributed by atoms with van der Waals surface area (Å²) in [6.45, 7) is 1.09. The maximum absolute atomic E-state index is 12.0. The van der Waals surface area contributed by atoms with Crippen molar-refractivity contribution < 1.29 is 15.0 Å². The van der Waals surface area contributed by atoms with E-state index in [0.717, 1.165) is 6.42 Å². The summed E-state index contributed by atoms with van der Waals surface area (Å²) in [5, 5.41) is 18.8. The number of carbonyl (C=O) groups excluding carboxylic acids is 1. The predicted molar refractivity (Wildman–Crippen MR) is 58.3 cm³/mol. The van der Waals surface area contributed by atoms with Gasteiger partial charge < -0.3 is 20.8 Å². The van der Waals surface area contributed by atoms with E-state index in [0.29, 0.717) is 13.1 Å². The van der Waals surface area contributed by atoms with Crippen LogP contribution in [0, 0.1) is 0 Å². The molecule has 1 atom stereocenters. The third-order valence-electron chi connectivity index (χ3n) is 2.72. The number of carbonyl (C=O) groups is 1. The molecule has 16 heavy (non-hydrogen) atoms. The van der Waals surface area contributed by atoms with Gasteiger partial charge in [-0.25, -0.2) is 0 Å². The molecule has 86 valence electrons. The molecule has 0 spiro atoms. The Labute approximate surface area is 93.1 Å². The van der Waals surface area contributed by atoms with Crippen molar-refractivity contribution in [1.29, 1.82) is 0 Å². The molecule has 5 heteroatoms. The van der Waals surface area contributed by atoms with Crippen molar-refractivity contribution in [1.82, 2.24) is 4.90 Å². The summed E-state index contributed by atoms with van der Waals surface area (Å²) in [6.07, 6.45) is 0.769. The van der Waals surface area contributed by atoms with E-state index in [-0.39, 0.29) is 29.0 Å². The van der Waals surface area contributed by atoms with Crippen molar-refractivity contribution in [2.45, 2.75) is 12.5 Å². The lowest BCUT2D eigenvalue weighted by molar-refractivity contribution is 0.0787. The smallest absolute Gasteiger partial charge is 0.257 e. The van der Waals surface area contributed by atoms with Gasteiger partial charge in [-0.1, -0.05) is 0 Å². The number of aromatic hydroxyl groups is 2. The largest absolute Gasteiger partial charge is 0.508 e. The average molecular weight is 222 g/mol. The number of amides is 1.